The molecular weight excluding hydrogens is 348 g/mol. The smallest absolute Gasteiger partial charge is 0.407 e. The fraction of sp³-hybridized carbons (Fsp3) is 0.500. The first kappa shape index (κ1) is 19.1. The number of nitrogens with one attached hydrogen (secondary N) is 1. The van der Waals surface area contributed by atoms with Crippen LogP contribution in [0.5, 0.6) is 11.5 Å². The van der Waals surface area contributed by atoms with Crippen LogP contribution < -0.4 is 14.8 Å². The van der Waals surface area contributed by atoms with Crippen molar-refractivity contribution in [3.05, 3.63) is 29.8 Å². The molecule has 0 aromatic heterocycles. The first-order valence-electron chi connectivity index (χ1n) is 9.16. The molecule has 0 aliphatic carbocycles. The number of rotatable bonds is 3. The number of ether oxygens (including phenoxy) is 3. The third kappa shape index (κ3) is 5.39. The van der Waals surface area contributed by atoms with E-state index in [4.69, 9.17) is 14.2 Å². The number of likely N-dealkylation sites (tertiary alicyclic amines) is 1. The first-order chi connectivity index (χ1) is 12.8. The Labute approximate surface area is 159 Å². The molecule has 0 radical (unpaired) electrons. The molecule has 1 N–H and O–H groups in total. The normalized spacial score (nSPS) is 17.2. The van der Waals surface area contributed by atoms with Crippen molar-refractivity contribution >= 4 is 18.1 Å². The van der Waals surface area contributed by atoms with E-state index in [0.29, 0.717) is 31.7 Å². The summed E-state index contributed by atoms with van der Waals surface area (Å²) in [5.41, 5.74) is 0.370. The molecule has 1 aromatic carbocycles. The number of carbonyl (C=O) groups excluding carboxylic acids is 2. The summed E-state index contributed by atoms with van der Waals surface area (Å²) in [7, 11) is 0. The number of nitrogens with zero attached hydrogens (tertiary/aromatic N) is 1. The van der Waals surface area contributed by atoms with Crippen LogP contribution in [0.3, 0.4) is 0 Å². The van der Waals surface area contributed by atoms with Gasteiger partial charge in [-0.05, 0) is 57.4 Å². The van der Waals surface area contributed by atoms with Crippen LogP contribution in [0.25, 0.3) is 6.08 Å². The third-order valence-corrected chi connectivity index (χ3v) is 4.34. The molecule has 0 saturated carbocycles. The van der Waals surface area contributed by atoms with Gasteiger partial charge in [-0.25, -0.2) is 4.79 Å². The number of piperidine rings is 1. The minimum absolute atomic E-state index is 0.0294. The van der Waals surface area contributed by atoms with E-state index in [1.165, 1.54) is 0 Å². The molecule has 27 heavy (non-hydrogen) atoms. The van der Waals surface area contributed by atoms with Gasteiger partial charge in [-0.2, -0.15) is 0 Å². The standard InChI is InChI=1S/C20H26N2O5/c1-20(2,3)27-19(24)21-15-8-10-22(11-9-15)18(23)7-5-14-4-6-16-17(12-14)26-13-25-16/h4-7,12,15H,8-11,13H2,1-3H3,(H,21,24). The summed E-state index contributed by atoms with van der Waals surface area (Å²) < 4.78 is 15.9. The largest absolute Gasteiger partial charge is 0.454 e. The highest BCUT2D eigenvalue weighted by molar-refractivity contribution is 5.92. The summed E-state index contributed by atoms with van der Waals surface area (Å²) in [5, 5.41) is 2.87. The molecule has 2 amide bonds. The molecular formula is C20H26N2O5. The molecule has 1 fully saturated rings. The number of fused-ring (bicyclic) bond motifs is 1. The Hall–Kier alpha value is -2.70. The van der Waals surface area contributed by atoms with Gasteiger partial charge >= 0.3 is 6.09 Å². The van der Waals surface area contributed by atoms with Crippen LogP contribution in [0.4, 0.5) is 4.79 Å². The summed E-state index contributed by atoms with van der Waals surface area (Å²) >= 11 is 0. The zero-order valence-corrected chi connectivity index (χ0v) is 16.0. The number of alkyl carbamates (subject to hydrolysis) is 1. The van der Waals surface area contributed by atoms with E-state index in [9.17, 15) is 9.59 Å². The molecule has 2 heterocycles. The van der Waals surface area contributed by atoms with E-state index in [0.717, 1.165) is 11.3 Å². The average molecular weight is 374 g/mol. The predicted molar refractivity (Wildman–Crippen MR) is 101 cm³/mol. The molecule has 146 valence electrons. The molecule has 7 heteroatoms. The fourth-order valence-electron chi connectivity index (χ4n) is 3.01. The van der Waals surface area contributed by atoms with Gasteiger partial charge in [0.2, 0.25) is 12.7 Å². The SMILES string of the molecule is CC(C)(C)OC(=O)NC1CCN(C(=O)C=Cc2ccc3c(c2)OCO3)CC1. The van der Waals surface area contributed by atoms with E-state index in [2.05, 4.69) is 5.32 Å². The molecule has 0 atom stereocenters. The van der Waals surface area contributed by atoms with Crippen LogP contribution in [0.1, 0.15) is 39.2 Å². The maximum atomic E-state index is 12.4. The molecule has 7 nitrogen and oxygen atoms in total. The van der Waals surface area contributed by atoms with Crippen molar-refractivity contribution in [3.8, 4) is 11.5 Å². The number of carbonyl (C=O) groups is 2. The van der Waals surface area contributed by atoms with Crippen LogP contribution in [-0.4, -0.2) is 48.4 Å². The van der Waals surface area contributed by atoms with Crippen molar-refractivity contribution in [2.75, 3.05) is 19.9 Å². The van der Waals surface area contributed by atoms with Gasteiger partial charge in [-0.15, -0.1) is 0 Å². The molecule has 2 aliphatic heterocycles. The maximum Gasteiger partial charge on any atom is 0.407 e. The van der Waals surface area contributed by atoms with Crippen molar-refractivity contribution in [1.29, 1.82) is 0 Å². The number of hydrogen-bond donors (Lipinski definition) is 1. The minimum atomic E-state index is -0.514. The van der Waals surface area contributed by atoms with Crippen molar-refractivity contribution < 1.29 is 23.8 Å². The molecule has 0 unspecified atom stereocenters. The van der Waals surface area contributed by atoms with E-state index in [1.807, 2.05) is 39.0 Å². The average Bonchev–Trinajstić information content (AvgIpc) is 3.06. The molecule has 1 saturated heterocycles. The highest BCUT2D eigenvalue weighted by Gasteiger charge is 2.25. The van der Waals surface area contributed by atoms with Crippen molar-refractivity contribution in [1.82, 2.24) is 10.2 Å². The lowest BCUT2D eigenvalue weighted by Crippen LogP contribution is -2.47. The van der Waals surface area contributed by atoms with Crippen molar-refractivity contribution in [3.63, 3.8) is 0 Å². The van der Waals surface area contributed by atoms with Crippen LogP contribution >= 0.6 is 0 Å². The van der Waals surface area contributed by atoms with Gasteiger partial charge in [0.25, 0.3) is 0 Å². The lowest BCUT2D eigenvalue weighted by molar-refractivity contribution is -0.127. The monoisotopic (exact) mass is 374 g/mol. The fourth-order valence-corrected chi connectivity index (χ4v) is 3.01. The van der Waals surface area contributed by atoms with Gasteiger partial charge in [0.05, 0.1) is 0 Å². The highest BCUT2D eigenvalue weighted by atomic mass is 16.7. The van der Waals surface area contributed by atoms with Crippen LogP contribution in [0.15, 0.2) is 24.3 Å². The summed E-state index contributed by atoms with van der Waals surface area (Å²) in [6, 6.07) is 5.60. The Morgan fingerprint density at radius 1 is 1.19 bits per heavy atom. The number of hydrogen-bond acceptors (Lipinski definition) is 5. The van der Waals surface area contributed by atoms with Gasteiger partial charge in [0, 0.05) is 25.2 Å². The highest BCUT2D eigenvalue weighted by Crippen LogP contribution is 2.32. The molecule has 2 aliphatic rings. The van der Waals surface area contributed by atoms with Crippen LogP contribution in [-0.2, 0) is 9.53 Å². The molecule has 0 bridgehead atoms. The van der Waals surface area contributed by atoms with E-state index >= 15 is 0 Å². The zero-order chi connectivity index (χ0) is 19.4. The number of amides is 2. The Morgan fingerprint density at radius 3 is 2.59 bits per heavy atom. The topological polar surface area (TPSA) is 77.1 Å². The van der Waals surface area contributed by atoms with Gasteiger partial charge in [0.1, 0.15) is 5.60 Å². The predicted octanol–water partition coefficient (Wildman–Crippen LogP) is 2.94. The number of benzene rings is 1. The second-order valence-electron chi connectivity index (χ2n) is 7.69. The second-order valence-corrected chi connectivity index (χ2v) is 7.69. The van der Waals surface area contributed by atoms with E-state index < -0.39 is 11.7 Å². The van der Waals surface area contributed by atoms with Crippen LogP contribution in [0.2, 0.25) is 0 Å². The first-order valence-corrected chi connectivity index (χ1v) is 9.16. The van der Waals surface area contributed by atoms with E-state index in [-0.39, 0.29) is 18.7 Å². The van der Waals surface area contributed by atoms with Gasteiger partial charge in [0.15, 0.2) is 11.5 Å². The molecule has 1 aromatic rings. The zero-order valence-electron chi connectivity index (χ0n) is 16.0. The van der Waals surface area contributed by atoms with Gasteiger partial charge in [-0.1, -0.05) is 6.07 Å². The minimum Gasteiger partial charge on any atom is -0.454 e. The van der Waals surface area contributed by atoms with Crippen molar-refractivity contribution in [2.45, 2.75) is 45.3 Å². The Kier molecular flexibility index (Phi) is 5.58. The molecule has 0 spiro atoms. The van der Waals surface area contributed by atoms with Crippen LogP contribution in [0, 0.1) is 0 Å². The quantitative estimate of drug-likeness (QED) is 0.823. The van der Waals surface area contributed by atoms with Gasteiger partial charge < -0.3 is 24.4 Å². The molecule has 3 rings (SSSR count). The summed E-state index contributed by atoms with van der Waals surface area (Å²) in [6.07, 6.45) is 4.36. The Morgan fingerprint density at radius 2 is 1.89 bits per heavy atom. The Balaban J connectivity index is 1.46. The third-order valence-electron chi connectivity index (χ3n) is 4.34. The van der Waals surface area contributed by atoms with Crippen molar-refractivity contribution in [2.24, 2.45) is 0 Å². The lowest BCUT2D eigenvalue weighted by Gasteiger charge is -2.32. The summed E-state index contributed by atoms with van der Waals surface area (Å²) in [6.45, 7) is 6.93. The summed E-state index contributed by atoms with van der Waals surface area (Å²) in [5.74, 6) is 1.38. The Bertz CT molecular complexity index is 730. The van der Waals surface area contributed by atoms with E-state index in [1.54, 1.807) is 17.1 Å². The second kappa shape index (κ2) is 7.90. The van der Waals surface area contributed by atoms with Gasteiger partial charge in [-0.3, -0.25) is 4.79 Å². The maximum absolute atomic E-state index is 12.4. The lowest BCUT2D eigenvalue weighted by atomic mass is 10.1. The summed E-state index contributed by atoms with van der Waals surface area (Å²) in [4.78, 5) is 26.0.